The molecule has 6 nitrogen and oxygen atoms in total. The molecular formula is C30H40N2O4. The van der Waals surface area contributed by atoms with Crippen LogP contribution in [0.1, 0.15) is 69.4 Å². The number of hydrogen-bond donors (Lipinski definition) is 1. The Morgan fingerprint density at radius 2 is 1.72 bits per heavy atom. The van der Waals surface area contributed by atoms with E-state index in [4.69, 9.17) is 4.74 Å². The van der Waals surface area contributed by atoms with Crippen LogP contribution in [0.4, 0.5) is 10.5 Å². The summed E-state index contributed by atoms with van der Waals surface area (Å²) in [4.78, 5) is 27.1. The minimum absolute atomic E-state index is 0.248. The van der Waals surface area contributed by atoms with E-state index in [0.29, 0.717) is 24.6 Å². The van der Waals surface area contributed by atoms with Gasteiger partial charge in [0.05, 0.1) is 12.6 Å². The van der Waals surface area contributed by atoms with Gasteiger partial charge in [0.15, 0.2) is 0 Å². The molecule has 3 aliphatic heterocycles. The molecule has 194 valence electrons. The van der Waals surface area contributed by atoms with Gasteiger partial charge in [-0.3, -0.25) is 4.90 Å². The zero-order valence-corrected chi connectivity index (χ0v) is 21.3. The number of unbranched alkanes of at least 4 members (excludes halogenated alkanes) is 6. The Morgan fingerprint density at radius 1 is 1.00 bits per heavy atom. The van der Waals surface area contributed by atoms with Crippen LogP contribution >= 0.6 is 0 Å². The molecule has 0 saturated carbocycles. The first-order chi connectivity index (χ1) is 17.7. The zero-order chi connectivity index (χ0) is 25.2. The van der Waals surface area contributed by atoms with Crippen LogP contribution in [-0.2, 0) is 4.79 Å². The minimum Gasteiger partial charge on any atom is -0.494 e. The highest BCUT2D eigenvalue weighted by Crippen LogP contribution is 2.44. The molecule has 0 aliphatic carbocycles. The number of carbonyl (C=O) groups excluding carboxylic acids is 1. The van der Waals surface area contributed by atoms with Crippen LogP contribution in [0.25, 0.3) is 0 Å². The first kappa shape index (κ1) is 26.2. The Hall–Kier alpha value is -2.86. The molecule has 3 heterocycles. The summed E-state index contributed by atoms with van der Waals surface area (Å²) in [5, 5.41) is 10.4. The van der Waals surface area contributed by atoms with E-state index in [1.54, 1.807) is 4.90 Å². The second-order valence-electron chi connectivity index (χ2n) is 10.2. The third-order valence-electron chi connectivity index (χ3n) is 7.82. The number of anilines is 1. The number of aldehydes is 1. The van der Waals surface area contributed by atoms with Crippen LogP contribution in [-0.4, -0.2) is 48.6 Å². The third-order valence-corrected chi connectivity index (χ3v) is 7.82. The van der Waals surface area contributed by atoms with Gasteiger partial charge in [-0.15, -0.1) is 0 Å². The van der Waals surface area contributed by atoms with Gasteiger partial charge in [0.2, 0.25) is 0 Å². The van der Waals surface area contributed by atoms with Gasteiger partial charge in [-0.1, -0.05) is 56.0 Å². The fourth-order valence-electron chi connectivity index (χ4n) is 5.95. The number of amides is 1. The molecule has 6 heteroatoms. The predicted octanol–water partition coefficient (Wildman–Crippen LogP) is 6.56. The summed E-state index contributed by atoms with van der Waals surface area (Å²) >= 11 is 0. The van der Waals surface area contributed by atoms with Crippen molar-refractivity contribution in [1.29, 1.82) is 0 Å². The molecular weight excluding hydrogens is 452 g/mol. The maximum Gasteiger partial charge on any atom is 0.412 e. The van der Waals surface area contributed by atoms with Crippen LogP contribution in [0.5, 0.6) is 5.75 Å². The van der Waals surface area contributed by atoms with Crippen LogP contribution in [0, 0.1) is 11.8 Å². The highest BCUT2D eigenvalue weighted by Gasteiger charge is 2.43. The van der Waals surface area contributed by atoms with E-state index in [2.05, 4.69) is 17.0 Å². The van der Waals surface area contributed by atoms with Gasteiger partial charge in [-0.2, -0.15) is 0 Å². The number of piperidine rings is 3. The summed E-state index contributed by atoms with van der Waals surface area (Å²) < 4.78 is 6.11. The number of fused-ring (bicyclic) bond motifs is 3. The Bertz CT molecular complexity index is 958. The highest BCUT2D eigenvalue weighted by atomic mass is 16.5. The van der Waals surface area contributed by atoms with Gasteiger partial charge in [-0.05, 0) is 80.4 Å². The molecule has 3 aliphatic rings. The molecule has 2 aromatic rings. The number of carbonyl (C=O) groups is 2. The van der Waals surface area contributed by atoms with E-state index < -0.39 is 6.09 Å². The molecule has 5 rings (SSSR count). The number of nitrogens with zero attached hydrogens (tertiary/aromatic N) is 2. The molecule has 2 aromatic carbocycles. The van der Waals surface area contributed by atoms with E-state index in [1.165, 1.54) is 0 Å². The van der Waals surface area contributed by atoms with Gasteiger partial charge in [0, 0.05) is 18.7 Å². The number of hydrogen-bond acceptors (Lipinski definition) is 4. The van der Waals surface area contributed by atoms with Gasteiger partial charge >= 0.3 is 6.09 Å². The Kier molecular flexibility index (Phi) is 9.79. The monoisotopic (exact) mass is 492 g/mol. The largest absolute Gasteiger partial charge is 0.494 e. The number of rotatable bonds is 14. The standard InChI is InChI=1S/C30H40N2O4/c33-20-9-4-2-1-3-5-10-21-36-27-15-11-12-25(22-27)29(28-23-31-18-16-24(28)17-19-31)32(30(34)35)26-13-7-6-8-14-26/h6-8,11-15,20,22,24,28-29H,1-5,9-10,16-19,21,23H2,(H,34,35)/t28?,29-/m0/s1. The Labute approximate surface area is 215 Å². The van der Waals surface area contributed by atoms with Crippen molar-refractivity contribution >= 4 is 18.1 Å². The molecule has 0 radical (unpaired) electrons. The van der Waals surface area contributed by atoms with Crippen molar-refractivity contribution in [2.24, 2.45) is 11.8 Å². The quantitative estimate of drug-likeness (QED) is 0.239. The Morgan fingerprint density at radius 3 is 2.39 bits per heavy atom. The lowest BCUT2D eigenvalue weighted by Gasteiger charge is -2.49. The zero-order valence-electron chi connectivity index (χ0n) is 21.3. The highest BCUT2D eigenvalue weighted by molar-refractivity contribution is 5.87. The molecule has 0 spiro atoms. The lowest BCUT2D eigenvalue weighted by molar-refractivity contribution is -0.107. The van der Waals surface area contributed by atoms with Gasteiger partial charge < -0.3 is 19.5 Å². The predicted molar refractivity (Wildman–Crippen MR) is 143 cm³/mol. The molecule has 2 atom stereocenters. The van der Waals surface area contributed by atoms with Crippen molar-refractivity contribution < 1.29 is 19.4 Å². The second-order valence-corrected chi connectivity index (χ2v) is 10.2. The molecule has 3 fully saturated rings. The van der Waals surface area contributed by atoms with Crippen molar-refractivity contribution in [1.82, 2.24) is 4.90 Å². The van der Waals surface area contributed by atoms with E-state index in [-0.39, 0.29) is 12.0 Å². The molecule has 36 heavy (non-hydrogen) atoms. The average Bonchev–Trinajstić information content (AvgIpc) is 2.92. The number of para-hydroxylation sites is 1. The van der Waals surface area contributed by atoms with Crippen LogP contribution in [0.3, 0.4) is 0 Å². The first-order valence-electron chi connectivity index (χ1n) is 13.6. The van der Waals surface area contributed by atoms with E-state index in [0.717, 1.165) is 88.6 Å². The number of ether oxygens (including phenoxy) is 1. The summed E-state index contributed by atoms with van der Waals surface area (Å²) in [6.45, 7) is 3.83. The minimum atomic E-state index is -0.915. The topological polar surface area (TPSA) is 70.1 Å². The lowest BCUT2D eigenvalue weighted by Crippen LogP contribution is -2.53. The van der Waals surface area contributed by atoms with Crippen LogP contribution in [0.15, 0.2) is 54.6 Å². The smallest absolute Gasteiger partial charge is 0.412 e. The molecule has 1 N–H and O–H groups in total. The van der Waals surface area contributed by atoms with Crippen LogP contribution in [0.2, 0.25) is 0 Å². The number of benzene rings is 2. The molecule has 0 aromatic heterocycles. The summed E-state index contributed by atoms with van der Waals surface area (Å²) in [6.07, 6.45) is 9.56. The molecule has 2 bridgehead atoms. The molecule has 1 unspecified atom stereocenters. The van der Waals surface area contributed by atoms with Crippen molar-refractivity contribution in [2.45, 2.75) is 63.8 Å². The van der Waals surface area contributed by atoms with Gasteiger partial charge in [0.1, 0.15) is 12.0 Å². The first-order valence-corrected chi connectivity index (χ1v) is 13.6. The maximum absolute atomic E-state index is 12.7. The Balaban J connectivity index is 1.46. The van der Waals surface area contributed by atoms with Gasteiger partial charge in [0.25, 0.3) is 0 Å². The molecule has 1 amide bonds. The van der Waals surface area contributed by atoms with E-state index in [9.17, 15) is 14.7 Å². The van der Waals surface area contributed by atoms with Crippen LogP contribution < -0.4 is 9.64 Å². The van der Waals surface area contributed by atoms with E-state index in [1.807, 2.05) is 42.5 Å². The SMILES string of the molecule is O=CCCCCCCCCOc1cccc([C@@H](C2CN3CCC2CC3)N(C(=O)O)c2ccccc2)c1. The average molecular weight is 493 g/mol. The van der Waals surface area contributed by atoms with Crippen molar-refractivity contribution in [2.75, 3.05) is 31.1 Å². The fourth-order valence-corrected chi connectivity index (χ4v) is 5.95. The third kappa shape index (κ3) is 6.88. The van der Waals surface area contributed by atoms with Crippen molar-refractivity contribution in [3.05, 3.63) is 60.2 Å². The van der Waals surface area contributed by atoms with Crippen molar-refractivity contribution in [3.8, 4) is 5.75 Å². The van der Waals surface area contributed by atoms with E-state index >= 15 is 0 Å². The summed E-state index contributed by atoms with van der Waals surface area (Å²) in [5.41, 5.74) is 1.72. The second kappa shape index (κ2) is 13.4. The summed E-state index contributed by atoms with van der Waals surface area (Å²) in [6, 6.07) is 17.3. The number of carboxylic acid groups (broad SMARTS) is 1. The molecule has 3 saturated heterocycles. The fraction of sp³-hybridized carbons (Fsp3) is 0.533. The summed E-state index contributed by atoms with van der Waals surface area (Å²) in [7, 11) is 0. The van der Waals surface area contributed by atoms with Crippen molar-refractivity contribution in [3.63, 3.8) is 0 Å². The lowest BCUT2D eigenvalue weighted by atomic mass is 9.73. The summed E-state index contributed by atoms with van der Waals surface area (Å²) in [5.74, 6) is 1.59. The normalized spacial score (nSPS) is 21.6. The maximum atomic E-state index is 12.7. The van der Waals surface area contributed by atoms with Gasteiger partial charge in [-0.25, -0.2) is 4.79 Å².